The molecule has 2 aromatic heterocycles. The number of amides is 1. The molecule has 1 aliphatic carbocycles. The molecule has 1 saturated carbocycles. The number of rotatable bonds is 7. The van der Waals surface area contributed by atoms with Crippen LogP contribution in [0.1, 0.15) is 54.3 Å². The summed E-state index contributed by atoms with van der Waals surface area (Å²) in [4.78, 5) is 27.2. The van der Waals surface area contributed by atoms with Gasteiger partial charge in [0.25, 0.3) is 0 Å². The molecule has 160 valence electrons. The van der Waals surface area contributed by atoms with Crippen molar-refractivity contribution in [3.8, 4) is 0 Å². The molecule has 1 aromatic carbocycles. The Bertz CT molecular complexity index is 1030. The van der Waals surface area contributed by atoms with E-state index in [1.165, 1.54) is 5.56 Å². The first-order chi connectivity index (χ1) is 15.1. The molecule has 2 heterocycles. The van der Waals surface area contributed by atoms with Crippen LogP contribution in [0.3, 0.4) is 0 Å². The maximum absolute atomic E-state index is 12.4. The number of anilines is 3. The number of carbonyl (C=O) groups is 2. The van der Waals surface area contributed by atoms with E-state index in [0.717, 1.165) is 31.4 Å². The van der Waals surface area contributed by atoms with Crippen molar-refractivity contribution < 1.29 is 19.1 Å². The lowest BCUT2D eigenvalue weighted by molar-refractivity contribution is -0.138. The second kappa shape index (κ2) is 9.38. The van der Waals surface area contributed by atoms with Crippen LogP contribution in [-0.2, 0) is 4.79 Å². The van der Waals surface area contributed by atoms with Gasteiger partial charge in [-0.05, 0) is 67.3 Å². The fourth-order valence-corrected chi connectivity index (χ4v) is 3.89. The third-order valence-corrected chi connectivity index (χ3v) is 5.50. The van der Waals surface area contributed by atoms with Crippen LogP contribution in [0.25, 0.3) is 0 Å². The van der Waals surface area contributed by atoms with Crippen molar-refractivity contribution in [3.05, 3.63) is 60.2 Å². The number of nitrogens with one attached hydrogen (secondary N) is 2. The molecule has 3 aromatic rings. The lowest BCUT2D eigenvalue weighted by atomic mass is 9.77. The van der Waals surface area contributed by atoms with Crippen molar-refractivity contribution in [1.82, 2.24) is 15.2 Å². The van der Waals surface area contributed by atoms with Crippen molar-refractivity contribution in [3.63, 3.8) is 0 Å². The van der Waals surface area contributed by atoms with Gasteiger partial charge in [0.2, 0.25) is 0 Å². The van der Waals surface area contributed by atoms with Crippen LogP contribution in [0.2, 0.25) is 0 Å². The van der Waals surface area contributed by atoms with Gasteiger partial charge in [0, 0.05) is 30.2 Å². The van der Waals surface area contributed by atoms with Gasteiger partial charge >= 0.3 is 23.8 Å². The lowest BCUT2D eigenvalue weighted by Crippen LogP contribution is -2.16. The maximum Gasteiger partial charge on any atom is 0.320 e. The van der Waals surface area contributed by atoms with E-state index in [9.17, 15) is 9.59 Å². The van der Waals surface area contributed by atoms with E-state index in [4.69, 9.17) is 9.52 Å². The summed E-state index contributed by atoms with van der Waals surface area (Å²) in [5.41, 5.74) is 2.56. The highest BCUT2D eigenvalue weighted by Crippen LogP contribution is 2.37. The largest absolute Gasteiger partial charge is 0.481 e. The minimum absolute atomic E-state index is 0.116. The fourth-order valence-electron chi connectivity index (χ4n) is 3.89. The molecule has 9 heteroatoms. The number of aliphatic carboxylic acids is 1. The molecule has 1 aliphatic rings. The number of carboxylic acid groups (broad SMARTS) is 1. The highest BCUT2D eigenvalue weighted by molar-refractivity contribution is 6.00. The van der Waals surface area contributed by atoms with Gasteiger partial charge in [-0.2, -0.15) is 0 Å². The Morgan fingerprint density at radius 1 is 0.968 bits per heavy atom. The molecule has 4 rings (SSSR count). The molecule has 31 heavy (non-hydrogen) atoms. The summed E-state index contributed by atoms with van der Waals surface area (Å²) < 4.78 is 5.37. The highest BCUT2D eigenvalue weighted by Gasteiger charge is 2.24. The van der Waals surface area contributed by atoms with Crippen LogP contribution in [-0.4, -0.2) is 32.2 Å². The Morgan fingerprint density at radius 2 is 1.68 bits per heavy atom. The van der Waals surface area contributed by atoms with Crippen LogP contribution in [0, 0.1) is 5.92 Å². The third-order valence-electron chi connectivity index (χ3n) is 5.50. The third kappa shape index (κ3) is 5.44. The van der Waals surface area contributed by atoms with Crippen LogP contribution in [0.15, 0.2) is 53.2 Å². The van der Waals surface area contributed by atoms with E-state index in [-0.39, 0.29) is 24.2 Å². The van der Waals surface area contributed by atoms with Gasteiger partial charge in [-0.25, -0.2) is 0 Å². The molecular weight excluding hydrogens is 398 g/mol. The predicted molar refractivity (Wildman–Crippen MR) is 113 cm³/mol. The van der Waals surface area contributed by atoms with Crippen molar-refractivity contribution in [2.45, 2.75) is 38.0 Å². The van der Waals surface area contributed by atoms with Gasteiger partial charge < -0.3 is 20.2 Å². The Morgan fingerprint density at radius 3 is 2.35 bits per heavy atom. The summed E-state index contributed by atoms with van der Waals surface area (Å²) in [5, 5.41) is 22.2. The Balaban J connectivity index is 1.31. The number of hydrogen-bond acceptors (Lipinski definition) is 7. The predicted octanol–water partition coefficient (Wildman–Crippen LogP) is 4.21. The maximum atomic E-state index is 12.4. The molecule has 1 amide bonds. The Kier molecular flexibility index (Phi) is 6.21. The number of aromatic nitrogens is 3. The van der Waals surface area contributed by atoms with Crippen LogP contribution >= 0.6 is 0 Å². The average Bonchev–Trinajstić information content (AvgIpc) is 3.24. The van der Waals surface area contributed by atoms with Gasteiger partial charge in [0.1, 0.15) is 0 Å². The SMILES string of the molecule is O=C(O)C[C@H]1CC[C@H](c2ccc(NC(=O)c3nnc(Nc4ccncc4)o3)cc2)CC1. The van der Waals surface area contributed by atoms with Crippen LogP contribution < -0.4 is 10.6 Å². The summed E-state index contributed by atoms with van der Waals surface area (Å²) in [5.74, 6) is -0.646. The second-order valence-corrected chi connectivity index (χ2v) is 7.66. The summed E-state index contributed by atoms with van der Waals surface area (Å²) >= 11 is 0. The highest BCUT2D eigenvalue weighted by atomic mass is 16.4. The lowest BCUT2D eigenvalue weighted by Gasteiger charge is -2.28. The first kappa shape index (κ1) is 20.5. The smallest absolute Gasteiger partial charge is 0.320 e. The van der Waals surface area contributed by atoms with E-state index in [1.54, 1.807) is 24.5 Å². The Hall–Kier alpha value is -3.75. The summed E-state index contributed by atoms with van der Waals surface area (Å²) in [6, 6.07) is 11.3. The first-order valence-electron chi connectivity index (χ1n) is 10.2. The average molecular weight is 421 g/mol. The molecule has 0 saturated heterocycles. The van der Waals surface area contributed by atoms with Gasteiger partial charge in [-0.3, -0.25) is 14.6 Å². The number of hydrogen-bond donors (Lipinski definition) is 3. The normalized spacial score (nSPS) is 18.3. The van der Waals surface area contributed by atoms with Crippen molar-refractivity contribution >= 4 is 29.3 Å². The number of carboxylic acids is 1. The molecule has 9 nitrogen and oxygen atoms in total. The molecule has 0 spiro atoms. The van der Waals surface area contributed by atoms with Crippen LogP contribution in [0.4, 0.5) is 17.4 Å². The van der Waals surface area contributed by atoms with E-state index >= 15 is 0 Å². The minimum atomic E-state index is -0.718. The zero-order valence-corrected chi connectivity index (χ0v) is 16.8. The van der Waals surface area contributed by atoms with Gasteiger partial charge in [-0.15, -0.1) is 5.10 Å². The molecule has 0 aliphatic heterocycles. The van der Waals surface area contributed by atoms with E-state index in [0.29, 0.717) is 11.6 Å². The number of carbonyl (C=O) groups excluding carboxylic acids is 1. The molecular formula is C22H23N5O4. The molecule has 1 fully saturated rings. The molecule has 0 bridgehead atoms. The van der Waals surface area contributed by atoms with E-state index in [2.05, 4.69) is 25.8 Å². The first-order valence-corrected chi connectivity index (χ1v) is 10.2. The minimum Gasteiger partial charge on any atom is -0.481 e. The van der Waals surface area contributed by atoms with Crippen molar-refractivity contribution in [1.29, 1.82) is 0 Å². The van der Waals surface area contributed by atoms with Crippen LogP contribution in [0.5, 0.6) is 0 Å². The van der Waals surface area contributed by atoms with E-state index < -0.39 is 11.9 Å². The number of nitrogens with zero attached hydrogens (tertiary/aromatic N) is 3. The number of pyridine rings is 1. The monoisotopic (exact) mass is 421 g/mol. The topological polar surface area (TPSA) is 130 Å². The molecule has 0 atom stereocenters. The summed E-state index contributed by atoms with van der Waals surface area (Å²) in [6.45, 7) is 0. The molecule has 0 radical (unpaired) electrons. The zero-order chi connectivity index (χ0) is 21.6. The van der Waals surface area contributed by atoms with Gasteiger partial charge in [0.15, 0.2) is 0 Å². The summed E-state index contributed by atoms with van der Waals surface area (Å²) in [6.07, 6.45) is 7.34. The Labute approximate surface area is 178 Å². The molecule has 0 unspecified atom stereocenters. The summed E-state index contributed by atoms with van der Waals surface area (Å²) in [7, 11) is 0. The zero-order valence-electron chi connectivity index (χ0n) is 16.8. The second-order valence-electron chi connectivity index (χ2n) is 7.66. The quantitative estimate of drug-likeness (QED) is 0.517. The van der Waals surface area contributed by atoms with Crippen molar-refractivity contribution in [2.24, 2.45) is 5.92 Å². The van der Waals surface area contributed by atoms with Gasteiger partial charge in [-0.1, -0.05) is 17.2 Å². The van der Waals surface area contributed by atoms with Gasteiger partial charge in [0.05, 0.1) is 0 Å². The molecule has 3 N–H and O–H groups in total. The van der Waals surface area contributed by atoms with Crippen molar-refractivity contribution in [2.75, 3.05) is 10.6 Å². The van der Waals surface area contributed by atoms with E-state index in [1.807, 2.05) is 24.3 Å². The fraction of sp³-hybridized carbons (Fsp3) is 0.318. The number of benzene rings is 1. The standard InChI is InChI=1S/C22H23N5O4/c28-19(29)13-14-1-3-15(4-2-14)16-5-7-17(8-6-16)24-20(30)21-26-27-22(31-21)25-18-9-11-23-12-10-18/h5-12,14-15H,1-4,13H2,(H,24,30)(H,28,29)(H,23,25,27)/t14-,15-.